The van der Waals surface area contributed by atoms with Crippen LogP contribution in [0.3, 0.4) is 0 Å². The summed E-state index contributed by atoms with van der Waals surface area (Å²) in [4.78, 5) is 0. The van der Waals surface area contributed by atoms with Crippen molar-refractivity contribution in [3.05, 3.63) is 29.8 Å². The highest BCUT2D eigenvalue weighted by Crippen LogP contribution is 2.12. The van der Waals surface area contributed by atoms with Crippen molar-refractivity contribution in [2.45, 2.75) is 19.5 Å². The third-order valence-corrected chi connectivity index (χ3v) is 2.14. The van der Waals surface area contributed by atoms with E-state index in [0.717, 1.165) is 12.3 Å². The molecular formula is C11H18N2O. The van der Waals surface area contributed by atoms with E-state index < -0.39 is 0 Å². The Hall–Kier alpha value is -1.06. The smallest absolute Gasteiger partial charge is 0.119 e. The van der Waals surface area contributed by atoms with E-state index in [0.29, 0.717) is 12.6 Å². The van der Waals surface area contributed by atoms with Gasteiger partial charge in [-0.05, 0) is 24.6 Å². The zero-order valence-corrected chi connectivity index (χ0v) is 8.79. The molecule has 1 atom stereocenters. The summed E-state index contributed by atoms with van der Waals surface area (Å²) >= 11 is 0. The topological polar surface area (TPSA) is 47.3 Å². The van der Waals surface area contributed by atoms with E-state index in [1.165, 1.54) is 5.56 Å². The van der Waals surface area contributed by atoms with Crippen LogP contribution in [0.2, 0.25) is 0 Å². The van der Waals surface area contributed by atoms with Gasteiger partial charge >= 0.3 is 0 Å². The summed E-state index contributed by atoms with van der Waals surface area (Å²) in [5, 5.41) is 3.32. The SMILES string of the molecule is COc1cccc(CNC(C)CN)c1. The predicted molar refractivity (Wildman–Crippen MR) is 58.4 cm³/mol. The maximum absolute atomic E-state index is 5.51. The fourth-order valence-electron chi connectivity index (χ4n) is 1.16. The van der Waals surface area contributed by atoms with Gasteiger partial charge in [-0.3, -0.25) is 0 Å². The van der Waals surface area contributed by atoms with Gasteiger partial charge in [0.25, 0.3) is 0 Å². The molecule has 0 radical (unpaired) electrons. The van der Waals surface area contributed by atoms with Gasteiger partial charge in [-0.1, -0.05) is 12.1 Å². The zero-order valence-electron chi connectivity index (χ0n) is 8.79. The van der Waals surface area contributed by atoms with Crippen molar-refractivity contribution in [3.63, 3.8) is 0 Å². The highest BCUT2D eigenvalue weighted by molar-refractivity contribution is 5.28. The van der Waals surface area contributed by atoms with Gasteiger partial charge < -0.3 is 15.8 Å². The molecule has 1 aromatic carbocycles. The number of rotatable bonds is 5. The van der Waals surface area contributed by atoms with E-state index in [2.05, 4.69) is 18.3 Å². The number of methoxy groups -OCH3 is 1. The first-order chi connectivity index (χ1) is 6.76. The van der Waals surface area contributed by atoms with Gasteiger partial charge in [-0.15, -0.1) is 0 Å². The van der Waals surface area contributed by atoms with Crippen LogP contribution in [0.25, 0.3) is 0 Å². The van der Waals surface area contributed by atoms with Gasteiger partial charge in [0.05, 0.1) is 7.11 Å². The minimum Gasteiger partial charge on any atom is -0.497 e. The predicted octanol–water partition coefficient (Wildman–Crippen LogP) is 1.13. The second-order valence-corrected chi connectivity index (χ2v) is 3.37. The number of benzene rings is 1. The molecule has 0 aliphatic rings. The molecular weight excluding hydrogens is 176 g/mol. The van der Waals surface area contributed by atoms with Crippen molar-refractivity contribution >= 4 is 0 Å². The van der Waals surface area contributed by atoms with E-state index >= 15 is 0 Å². The first-order valence-corrected chi connectivity index (χ1v) is 4.82. The van der Waals surface area contributed by atoms with E-state index in [4.69, 9.17) is 10.5 Å². The van der Waals surface area contributed by atoms with Crippen molar-refractivity contribution < 1.29 is 4.74 Å². The quantitative estimate of drug-likeness (QED) is 0.738. The van der Waals surface area contributed by atoms with Crippen LogP contribution in [-0.4, -0.2) is 19.7 Å². The summed E-state index contributed by atoms with van der Waals surface area (Å²) in [6.07, 6.45) is 0. The Morgan fingerprint density at radius 2 is 2.29 bits per heavy atom. The van der Waals surface area contributed by atoms with Crippen molar-refractivity contribution in [2.24, 2.45) is 5.73 Å². The largest absolute Gasteiger partial charge is 0.497 e. The molecule has 0 spiro atoms. The lowest BCUT2D eigenvalue weighted by molar-refractivity contribution is 0.414. The van der Waals surface area contributed by atoms with Crippen LogP contribution >= 0.6 is 0 Å². The molecule has 0 aromatic heterocycles. The summed E-state index contributed by atoms with van der Waals surface area (Å²) in [5.41, 5.74) is 6.72. The maximum atomic E-state index is 5.51. The lowest BCUT2D eigenvalue weighted by atomic mass is 10.2. The van der Waals surface area contributed by atoms with Crippen LogP contribution in [0, 0.1) is 0 Å². The first-order valence-electron chi connectivity index (χ1n) is 4.82. The standard InChI is InChI=1S/C11H18N2O/c1-9(7-12)13-8-10-4-3-5-11(6-10)14-2/h3-6,9,13H,7-8,12H2,1-2H3. The summed E-state index contributed by atoms with van der Waals surface area (Å²) in [6, 6.07) is 8.37. The molecule has 14 heavy (non-hydrogen) atoms. The Balaban J connectivity index is 2.50. The molecule has 0 aliphatic carbocycles. The van der Waals surface area contributed by atoms with Crippen LogP contribution in [0.15, 0.2) is 24.3 Å². The Morgan fingerprint density at radius 1 is 1.50 bits per heavy atom. The molecule has 3 N–H and O–H groups in total. The number of ether oxygens (including phenoxy) is 1. The van der Waals surface area contributed by atoms with E-state index in [-0.39, 0.29) is 0 Å². The highest BCUT2D eigenvalue weighted by atomic mass is 16.5. The van der Waals surface area contributed by atoms with Crippen LogP contribution < -0.4 is 15.8 Å². The van der Waals surface area contributed by atoms with Gasteiger partial charge in [0.1, 0.15) is 5.75 Å². The zero-order chi connectivity index (χ0) is 10.4. The van der Waals surface area contributed by atoms with Crippen molar-refractivity contribution in [1.82, 2.24) is 5.32 Å². The van der Waals surface area contributed by atoms with Gasteiger partial charge in [-0.25, -0.2) is 0 Å². The third-order valence-electron chi connectivity index (χ3n) is 2.14. The molecule has 1 unspecified atom stereocenters. The molecule has 0 amide bonds. The van der Waals surface area contributed by atoms with Crippen LogP contribution in [0.4, 0.5) is 0 Å². The molecule has 0 aliphatic heterocycles. The Bertz CT molecular complexity index is 276. The molecule has 3 nitrogen and oxygen atoms in total. The van der Waals surface area contributed by atoms with Crippen LogP contribution in [0.5, 0.6) is 5.75 Å². The van der Waals surface area contributed by atoms with Gasteiger partial charge in [-0.2, -0.15) is 0 Å². The molecule has 3 heteroatoms. The Labute approximate surface area is 85.3 Å². The first kappa shape index (κ1) is 11.0. The monoisotopic (exact) mass is 194 g/mol. The van der Waals surface area contributed by atoms with Crippen molar-refractivity contribution in [2.75, 3.05) is 13.7 Å². The highest BCUT2D eigenvalue weighted by Gasteiger charge is 1.99. The Morgan fingerprint density at radius 3 is 2.93 bits per heavy atom. The second-order valence-electron chi connectivity index (χ2n) is 3.37. The Kier molecular flexibility index (Phi) is 4.43. The van der Waals surface area contributed by atoms with E-state index in [1.54, 1.807) is 7.11 Å². The molecule has 0 saturated heterocycles. The number of nitrogens with one attached hydrogen (secondary N) is 1. The van der Waals surface area contributed by atoms with Gasteiger partial charge in [0.15, 0.2) is 0 Å². The molecule has 0 bridgehead atoms. The summed E-state index contributed by atoms with van der Waals surface area (Å²) in [7, 11) is 1.68. The minimum absolute atomic E-state index is 0.348. The number of hydrogen-bond acceptors (Lipinski definition) is 3. The normalized spacial score (nSPS) is 12.5. The van der Waals surface area contributed by atoms with E-state index in [1.807, 2.05) is 18.2 Å². The molecule has 0 heterocycles. The fraction of sp³-hybridized carbons (Fsp3) is 0.455. The van der Waals surface area contributed by atoms with Gasteiger partial charge in [0.2, 0.25) is 0 Å². The molecule has 0 saturated carbocycles. The average molecular weight is 194 g/mol. The maximum Gasteiger partial charge on any atom is 0.119 e. The summed E-state index contributed by atoms with van der Waals surface area (Å²) < 4.78 is 5.14. The van der Waals surface area contributed by atoms with Crippen LogP contribution in [0.1, 0.15) is 12.5 Å². The lowest BCUT2D eigenvalue weighted by Gasteiger charge is -2.11. The third kappa shape index (κ3) is 3.36. The number of nitrogens with two attached hydrogens (primary N) is 1. The average Bonchev–Trinajstić information content (AvgIpc) is 2.26. The van der Waals surface area contributed by atoms with Gasteiger partial charge in [0, 0.05) is 19.1 Å². The number of hydrogen-bond donors (Lipinski definition) is 2. The summed E-state index contributed by atoms with van der Waals surface area (Å²) in [5.74, 6) is 0.893. The summed E-state index contributed by atoms with van der Waals surface area (Å²) in [6.45, 7) is 3.56. The molecule has 1 aromatic rings. The molecule has 0 fully saturated rings. The molecule has 1 rings (SSSR count). The van der Waals surface area contributed by atoms with Crippen LogP contribution in [-0.2, 0) is 6.54 Å². The van der Waals surface area contributed by atoms with Crippen molar-refractivity contribution in [3.8, 4) is 5.75 Å². The second kappa shape index (κ2) is 5.62. The van der Waals surface area contributed by atoms with Crippen molar-refractivity contribution in [1.29, 1.82) is 0 Å². The molecule has 78 valence electrons. The lowest BCUT2D eigenvalue weighted by Crippen LogP contribution is -2.32. The minimum atomic E-state index is 0.348. The fourth-order valence-corrected chi connectivity index (χ4v) is 1.16. The van der Waals surface area contributed by atoms with E-state index in [9.17, 15) is 0 Å².